The molecular formula is C33H39NO8. The number of aldehydes is 1. The largest absolute Gasteiger partial charge is 0.493 e. The van der Waals surface area contributed by atoms with E-state index in [0.29, 0.717) is 24.5 Å². The van der Waals surface area contributed by atoms with Gasteiger partial charge in [0.05, 0.1) is 27.9 Å². The lowest BCUT2D eigenvalue weighted by molar-refractivity contribution is -0.145. The Morgan fingerprint density at radius 2 is 1.69 bits per heavy atom. The predicted octanol–water partition coefficient (Wildman–Crippen LogP) is 4.55. The lowest BCUT2D eigenvalue weighted by Crippen LogP contribution is -2.39. The van der Waals surface area contributed by atoms with Crippen molar-refractivity contribution in [1.29, 1.82) is 0 Å². The number of hydrogen-bond donors (Lipinski definition) is 0. The molecule has 0 saturated heterocycles. The maximum atomic E-state index is 11.7. The fourth-order valence-corrected chi connectivity index (χ4v) is 5.32. The van der Waals surface area contributed by atoms with Crippen molar-refractivity contribution in [2.75, 3.05) is 41.1 Å². The Morgan fingerprint density at radius 3 is 2.33 bits per heavy atom. The number of carbonyl (C=O) groups is 3. The van der Waals surface area contributed by atoms with Crippen molar-refractivity contribution in [1.82, 2.24) is 4.90 Å². The number of nitrogens with zero attached hydrogens (tertiary/aromatic N) is 1. The van der Waals surface area contributed by atoms with E-state index in [2.05, 4.69) is 17.0 Å². The number of hydrogen-bond acceptors (Lipinski definition) is 9. The molecule has 42 heavy (non-hydrogen) atoms. The van der Waals surface area contributed by atoms with E-state index >= 15 is 0 Å². The van der Waals surface area contributed by atoms with Gasteiger partial charge in [-0.05, 0) is 60.2 Å². The minimum atomic E-state index is -0.387. The van der Waals surface area contributed by atoms with Crippen LogP contribution in [0.5, 0.6) is 23.0 Å². The molecule has 0 fully saturated rings. The standard InChI is InChI=1S/C24H29NO6.C8H8O.CH2O/c1-5-30-23(26)14-31-22-11-16-8-9-25-13-18-15(6-7-20(27-2)24(18)29-4)10-19(25)17(16)12-21(22)28-3;9-7-6-8-4-2-1-3-5-8;1-2/h6-7,11-12,19H,5,8-10,13-14H2,1-4H3;1-5,7H,6H2;1H2. The first kappa shape index (κ1) is 32.1. The van der Waals surface area contributed by atoms with Gasteiger partial charge in [-0.15, -0.1) is 0 Å². The number of fused-ring (bicyclic) bond motifs is 4. The average molecular weight is 578 g/mol. The zero-order chi connectivity index (χ0) is 30.5. The number of carbonyl (C=O) groups excluding carboxylic acids is 3. The number of ether oxygens (including phenoxy) is 5. The second-order valence-electron chi connectivity index (χ2n) is 9.53. The maximum absolute atomic E-state index is 11.7. The number of methoxy groups -OCH3 is 3. The van der Waals surface area contributed by atoms with Crippen molar-refractivity contribution >= 4 is 19.0 Å². The number of rotatable bonds is 9. The molecule has 0 saturated carbocycles. The van der Waals surface area contributed by atoms with E-state index in [9.17, 15) is 9.59 Å². The molecule has 224 valence electrons. The van der Waals surface area contributed by atoms with Gasteiger partial charge in [-0.25, -0.2) is 4.79 Å². The first-order chi connectivity index (χ1) is 20.5. The Hall–Kier alpha value is -4.37. The van der Waals surface area contributed by atoms with E-state index in [1.165, 1.54) is 22.3 Å². The highest BCUT2D eigenvalue weighted by Gasteiger charge is 2.35. The Balaban J connectivity index is 0.000000373. The first-order valence-electron chi connectivity index (χ1n) is 13.7. The van der Waals surface area contributed by atoms with Gasteiger partial charge in [0.2, 0.25) is 0 Å². The molecule has 0 aliphatic carbocycles. The van der Waals surface area contributed by atoms with Gasteiger partial charge in [0.25, 0.3) is 0 Å². The molecule has 2 aliphatic rings. The van der Waals surface area contributed by atoms with Crippen LogP contribution >= 0.6 is 0 Å². The van der Waals surface area contributed by atoms with E-state index in [0.717, 1.165) is 49.3 Å². The maximum Gasteiger partial charge on any atom is 0.344 e. The fraction of sp³-hybridized carbons (Fsp3) is 0.364. The van der Waals surface area contributed by atoms with Gasteiger partial charge in [0.1, 0.15) is 13.1 Å². The van der Waals surface area contributed by atoms with Crippen molar-refractivity contribution in [2.45, 2.75) is 38.8 Å². The Labute approximate surface area is 247 Å². The van der Waals surface area contributed by atoms with E-state index in [4.69, 9.17) is 28.5 Å². The summed E-state index contributed by atoms with van der Waals surface area (Å²) in [6.07, 6.45) is 3.22. The highest BCUT2D eigenvalue weighted by molar-refractivity contribution is 5.71. The number of esters is 1. The van der Waals surface area contributed by atoms with E-state index in [-0.39, 0.29) is 18.6 Å². The smallest absolute Gasteiger partial charge is 0.344 e. The molecule has 0 N–H and O–H groups in total. The second kappa shape index (κ2) is 16.2. The van der Waals surface area contributed by atoms with Gasteiger partial charge >= 0.3 is 5.97 Å². The van der Waals surface area contributed by atoms with Crippen LogP contribution in [-0.2, 0) is 44.9 Å². The molecule has 0 radical (unpaired) electrons. The van der Waals surface area contributed by atoms with Gasteiger partial charge in [-0.1, -0.05) is 36.4 Å². The van der Waals surface area contributed by atoms with E-state index < -0.39 is 0 Å². The van der Waals surface area contributed by atoms with E-state index in [1.807, 2.05) is 49.3 Å². The SMILES string of the molecule is C=O.CCOC(=O)COc1cc2c(cc1OC)C1Cc3ccc(OC)c(OC)c3CN1CC2.O=CCc1ccccc1. The van der Waals surface area contributed by atoms with Crippen LogP contribution in [0.2, 0.25) is 0 Å². The topological polar surface area (TPSA) is 101 Å². The summed E-state index contributed by atoms with van der Waals surface area (Å²) in [7, 11) is 4.98. The Morgan fingerprint density at radius 1 is 0.952 bits per heavy atom. The third-order valence-electron chi connectivity index (χ3n) is 7.23. The van der Waals surface area contributed by atoms with Crippen molar-refractivity contribution in [2.24, 2.45) is 0 Å². The highest BCUT2D eigenvalue weighted by atomic mass is 16.6. The number of benzene rings is 3. The summed E-state index contributed by atoms with van der Waals surface area (Å²) in [5, 5.41) is 0. The molecule has 0 spiro atoms. The highest BCUT2D eigenvalue weighted by Crippen LogP contribution is 2.45. The molecule has 0 amide bonds. The third-order valence-corrected chi connectivity index (χ3v) is 7.23. The lowest BCUT2D eigenvalue weighted by atomic mass is 9.83. The van der Waals surface area contributed by atoms with Crippen LogP contribution in [0, 0.1) is 0 Å². The summed E-state index contributed by atoms with van der Waals surface area (Å²) >= 11 is 0. The van der Waals surface area contributed by atoms with Crippen molar-refractivity contribution in [3.8, 4) is 23.0 Å². The summed E-state index contributed by atoms with van der Waals surface area (Å²) in [4.78, 5) is 32.1. The van der Waals surface area contributed by atoms with Crippen LogP contribution in [-0.4, -0.2) is 65.0 Å². The van der Waals surface area contributed by atoms with Gasteiger partial charge in [-0.2, -0.15) is 0 Å². The zero-order valence-electron chi connectivity index (χ0n) is 24.7. The molecular weight excluding hydrogens is 538 g/mol. The van der Waals surface area contributed by atoms with Crippen LogP contribution in [0.4, 0.5) is 0 Å². The molecule has 3 aromatic rings. The molecule has 1 atom stereocenters. The molecule has 1 unspecified atom stereocenters. The van der Waals surface area contributed by atoms with Gasteiger partial charge in [0.15, 0.2) is 29.6 Å². The van der Waals surface area contributed by atoms with Gasteiger partial charge in [-0.3, -0.25) is 4.90 Å². The van der Waals surface area contributed by atoms with Crippen molar-refractivity contribution < 1.29 is 38.1 Å². The van der Waals surface area contributed by atoms with Crippen molar-refractivity contribution in [3.05, 3.63) is 82.4 Å². The Bertz CT molecular complexity index is 1330. The first-order valence-corrected chi connectivity index (χ1v) is 13.7. The quantitative estimate of drug-likeness (QED) is 0.268. The minimum absolute atomic E-state index is 0.131. The van der Waals surface area contributed by atoms with Crippen LogP contribution < -0.4 is 18.9 Å². The van der Waals surface area contributed by atoms with E-state index in [1.54, 1.807) is 28.3 Å². The molecule has 2 aliphatic heterocycles. The molecule has 5 rings (SSSR count). The molecule has 0 aromatic heterocycles. The molecule has 3 aromatic carbocycles. The minimum Gasteiger partial charge on any atom is -0.493 e. The van der Waals surface area contributed by atoms with Crippen LogP contribution in [0.3, 0.4) is 0 Å². The van der Waals surface area contributed by atoms with Crippen LogP contribution in [0.15, 0.2) is 54.6 Å². The summed E-state index contributed by atoms with van der Waals surface area (Å²) in [5.41, 5.74) is 6.01. The van der Waals surface area contributed by atoms with Gasteiger partial charge < -0.3 is 33.3 Å². The third kappa shape index (κ3) is 7.67. The second-order valence-corrected chi connectivity index (χ2v) is 9.53. The zero-order valence-corrected chi connectivity index (χ0v) is 24.7. The van der Waals surface area contributed by atoms with Crippen LogP contribution in [0.25, 0.3) is 0 Å². The normalized spacial score (nSPS) is 14.6. The molecule has 9 nitrogen and oxygen atoms in total. The predicted molar refractivity (Wildman–Crippen MR) is 159 cm³/mol. The lowest BCUT2D eigenvalue weighted by Gasteiger charge is -2.42. The molecule has 0 bridgehead atoms. The fourth-order valence-electron chi connectivity index (χ4n) is 5.32. The monoisotopic (exact) mass is 577 g/mol. The average Bonchev–Trinajstić information content (AvgIpc) is 3.03. The van der Waals surface area contributed by atoms with Crippen LogP contribution in [0.1, 0.15) is 40.8 Å². The van der Waals surface area contributed by atoms with Crippen molar-refractivity contribution in [3.63, 3.8) is 0 Å². The molecule has 2 heterocycles. The summed E-state index contributed by atoms with van der Waals surface area (Å²) < 4.78 is 27.4. The van der Waals surface area contributed by atoms with Gasteiger partial charge in [0, 0.05) is 31.1 Å². The molecule has 9 heteroatoms. The summed E-state index contributed by atoms with van der Waals surface area (Å²) in [6.45, 7) is 5.72. The summed E-state index contributed by atoms with van der Waals surface area (Å²) in [5.74, 6) is 2.40. The summed E-state index contributed by atoms with van der Waals surface area (Å²) in [6, 6.07) is 18.1. The Kier molecular flexibility index (Phi) is 12.4.